The number of rotatable bonds is 2. The van der Waals surface area contributed by atoms with E-state index in [9.17, 15) is 4.39 Å². The van der Waals surface area contributed by atoms with Gasteiger partial charge in [0.25, 0.3) is 0 Å². The minimum absolute atomic E-state index is 0.283. The smallest absolute Gasteiger partial charge is 0.139 e. The molecule has 2 aromatic rings. The van der Waals surface area contributed by atoms with Crippen LogP contribution in [0.4, 0.5) is 21.5 Å². The normalized spacial score (nSPS) is 10.0. The van der Waals surface area contributed by atoms with E-state index >= 15 is 0 Å². The van der Waals surface area contributed by atoms with Gasteiger partial charge in [-0.1, -0.05) is 12.1 Å². The highest BCUT2D eigenvalue weighted by Gasteiger charge is 2.09. The van der Waals surface area contributed by atoms with Crippen LogP contribution in [0.15, 0.2) is 34.8 Å². The zero-order valence-corrected chi connectivity index (χ0v) is 11.8. The van der Waals surface area contributed by atoms with Gasteiger partial charge in [0.2, 0.25) is 0 Å². The highest BCUT2D eigenvalue weighted by molar-refractivity contribution is 9.10. The maximum atomic E-state index is 13.3. The Kier molecular flexibility index (Phi) is 3.72. The van der Waals surface area contributed by atoms with Crippen LogP contribution in [0.5, 0.6) is 0 Å². The fourth-order valence-electron chi connectivity index (χ4n) is 1.74. The number of nitriles is 1. The van der Waals surface area contributed by atoms with Crippen molar-refractivity contribution in [3.05, 3.63) is 51.7 Å². The molecule has 0 spiro atoms. The average molecular weight is 320 g/mol. The third-order valence-electron chi connectivity index (χ3n) is 2.75. The van der Waals surface area contributed by atoms with E-state index in [1.807, 2.05) is 19.1 Å². The zero-order chi connectivity index (χ0) is 14.0. The molecule has 0 aliphatic rings. The van der Waals surface area contributed by atoms with E-state index in [1.165, 1.54) is 6.07 Å². The fraction of sp³-hybridized carbons (Fsp3) is 0.0714. The van der Waals surface area contributed by atoms with Crippen molar-refractivity contribution in [3.8, 4) is 6.07 Å². The molecule has 0 fully saturated rings. The number of nitrogens with zero attached hydrogens (tertiary/aromatic N) is 1. The van der Waals surface area contributed by atoms with Gasteiger partial charge in [-0.3, -0.25) is 0 Å². The lowest BCUT2D eigenvalue weighted by molar-refractivity contribution is 0.622. The minimum atomic E-state index is -0.423. The molecule has 0 unspecified atom stereocenters. The first kappa shape index (κ1) is 13.4. The van der Waals surface area contributed by atoms with E-state index in [2.05, 4.69) is 27.3 Å². The van der Waals surface area contributed by atoms with Crippen molar-refractivity contribution in [3.63, 3.8) is 0 Å². The van der Waals surface area contributed by atoms with Crippen LogP contribution in [0, 0.1) is 24.1 Å². The van der Waals surface area contributed by atoms with E-state index < -0.39 is 5.82 Å². The molecule has 19 heavy (non-hydrogen) atoms. The summed E-state index contributed by atoms with van der Waals surface area (Å²) in [6.45, 7) is 1.85. The van der Waals surface area contributed by atoms with Gasteiger partial charge in [0, 0.05) is 6.07 Å². The molecule has 0 aromatic heterocycles. The van der Waals surface area contributed by atoms with Gasteiger partial charge in [-0.05, 0) is 40.5 Å². The van der Waals surface area contributed by atoms with Crippen molar-refractivity contribution in [2.75, 3.05) is 11.1 Å². The first-order valence-electron chi connectivity index (χ1n) is 5.54. The van der Waals surface area contributed by atoms with Gasteiger partial charge in [-0.2, -0.15) is 5.26 Å². The zero-order valence-electron chi connectivity index (χ0n) is 10.2. The van der Waals surface area contributed by atoms with E-state index in [-0.39, 0.29) is 5.69 Å². The van der Waals surface area contributed by atoms with Crippen molar-refractivity contribution in [1.82, 2.24) is 0 Å². The van der Waals surface area contributed by atoms with Crippen molar-refractivity contribution >= 4 is 33.0 Å². The second-order valence-electron chi connectivity index (χ2n) is 4.09. The molecule has 0 atom stereocenters. The lowest BCUT2D eigenvalue weighted by atomic mass is 10.1. The topological polar surface area (TPSA) is 61.8 Å². The summed E-state index contributed by atoms with van der Waals surface area (Å²) in [6, 6.07) is 10.4. The first-order chi connectivity index (χ1) is 9.02. The molecule has 3 N–H and O–H groups in total. The van der Waals surface area contributed by atoms with Gasteiger partial charge in [-0.15, -0.1) is 0 Å². The SMILES string of the molecule is Cc1cccc(Nc2cc(Br)c(F)cc2N)c1C#N. The Bertz CT molecular complexity index is 677. The molecule has 3 nitrogen and oxygen atoms in total. The standard InChI is InChI=1S/C14H11BrFN3/c1-8-3-2-4-13(9(8)7-17)19-14-5-10(15)11(16)6-12(14)18/h2-6,19H,18H2,1H3. The Morgan fingerprint density at radius 2 is 2.05 bits per heavy atom. The van der Waals surface area contributed by atoms with Crippen LogP contribution in [0.1, 0.15) is 11.1 Å². The number of hydrogen-bond acceptors (Lipinski definition) is 3. The van der Waals surface area contributed by atoms with Crippen molar-refractivity contribution in [2.24, 2.45) is 0 Å². The van der Waals surface area contributed by atoms with E-state index in [0.29, 0.717) is 21.4 Å². The van der Waals surface area contributed by atoms with Gasteiger partial charge < -0.3 is 11.1 Å². The Hall–Kier alpha value is -2.06. The lowest BCUT2D eigenvalue weighted by Crippen LogP contribution is -2.00. The van der Waals surface area contributed by atoms with Gasteiger partial charge in [-0.25, -0.2) is 4.39 Å². The highest BCUT2D eigenvalue weighted by Crippen LogP contribution is 2.30. The van der Waals surface area contributed by atoms with Crippen molar-refractivity contribution in [1.29, 1.82) is 5.26 Å². The van der Waals surface area contributed by atoms with Crippen LogP contribution in [-0.4, -0.2) is 0 Å². The highest BCUT2D eigenvalue weighted by atomic mass is 79.9. The molecule has 0 bridgehead atoms. The fourth-order valence-corrected chi connectivity index (χ4v) is 2.08. The van der Waals surface area contributed by atoms with Crippen LogP contribution >= 0.6 is 15.9 Å². The number of halogens is 2. The third kappa shape index (κ3) is 2.69. The molecule has 0 heterocycles. The number of aryl methyl sites for hydroxylation is 1. The summed E-state index contributed by atoms with van der Waals surface area (Å²) in [5, 5.41) is 12.2. The van der Waals surface area contributed by atoms with Crippen molar-refractivity contribution in [2.45, 2.75) is 6.92 Å². The van der Waals surface area contributed by atoms with Crippen LogP contribution < -0.4 is 11.1 Å². The quantitative estimate of drug-likeness (QED) is 0.819. The average Bonchev–Trinajstić information content (AvgIpc) is 2.36. The van der Waals surface area contributed by atoms with Gasteiger partial charge in [0.15, 0.2) is 0 Å². The number of benzene rings is 2. The van der Waals surface area contributed by atoms with E-state index in [1.54, 1.807) is 12.1 Å². The summed E-state index contributed by atoms with van der Waals surface area (Å²) < 4.78 is 13.6. The summed E-state index contributed by atoms with van der Waals surface area (Å²) in [5.74, 6) is -0.423. The molecule has 2 aromatic carbocycles. The molecule has 0 radical (unpaired) electrons. The summed E-state index contributed by atoms with van der Waals surface area (Å²) in [5.41, 5.74) is 8.65. The lowest BCUT2D eigenvalue weighted by Gasteiger charge is -2.12. The predicted molar refractivity (Wildman–Crippen MR) is 77.7 cm³/mol. The first-order valence-corrected chi connectivity index (χ1v) is 6.33. The van der Waals surface area contributed by atoms with E-state index in [4.69, 9.17) is 11.0 Å². The number of hydrogen-bond donors (Lipinski definition) is 2. The molecule has 0 amide bonds. The monoisotopic (exact) mass is 319 g/mol. The summed E-state index contributed by atoms with van der Waals surface area (Å²) >= 11 is 3.11. The molecule has 2 rings (SSSR count). The number of anilines is 3. The molecule has 0 aliphatic carbocycles. The predicted octanol–water partition coefficient (Wildman–Crippen LogP) is 4.09. The molecular weight excluding hydrogens is 309 g/mol. The van der Waals surface area contributed by atoms with Crippen LogP contribution in [0.3, 0.4) is 0 Å². The second kappa shape index (κ2) is 5.29. The van der Waals surface area contributed by atoms with Crippen LogP contribution in [-0.2, 0) is 0 Å². The molecule has 96 valence electrons. The Balaban J connectivity index is 2.45. The Labute approximate surface area is 119 Å². The number of nitrogens with one attached hydrogen (secondary N) is 1. The molecule has 0 aliphatic heterocycles. The molecule has 5 heteroatoms. The molecule has 0 saturated carbocycles. The third-order valence-corrected chi connectivity index (χ3v) is 3.35. The number of nitrogen functional groups attached to an aromatic ring is 1. The number of nitrogens with two attached hydrogens (primary N) is 1. The van der Waals surface area contributed by atoms with Crippen LogP contribution in [0.2, 0.25) is 0 Å². The maximum Gasteiger partial charge on any atom is 0.139 e. The summed E-state index contributed by atoms with van der Waals surface area (Å²) in [4.78, 5) is 0. The van der Waals surface area contributed by atoms with Gasteiger partial charge in [0.1, 0.15) is 11.9 Å². The second-order valence-corrected chi connectivity index (χ2v) is 4.94. The molecular formula is C14H11BrFN3. The van der Waals surface area contributed by atoms with Gasteiger partial charge in [0.05, 0.1) is 27.1 Å². The molecule has 0 saturated heterocycles. The van der Waals surface area contributed by atoms with Gasteiger partial charge >= 0.3 is 0 Å². The van der Waals surface area contributed by atoms with E-state index in [0.717, 1.165) is 5.56 Å². The Morgan fingerprint density at radius 1 is 1.32 bits per heavy atom. The van der Waals surface area contributed by atoms with Crippen LogP contribution in [0.25, 0.3) is 0 Å². The summed E-state index contributed by atoms with van der Waals surface area (Å²) in [7, 11) is 0. The Morgan fingerprint density at radius 3 is 2.74 bits per heavy atom. The minimum Gasteiger partial charge on any atom is -0.397 e. The largest absolute Gasteiger partial charge is 0.397 e. The summed E-state index contributed by atoms with van der Waals surface area (Å²) in [6.07, 6.45) is 0. The maximum absolute atomic E-state index is 13.3. The van der Waals surface area contributed by atoms with Crippen molar-refractivity contribution < 1.29 is 4.39 Å².